The fourth-order valence-corrected chi connectivity index (χ4v) is 16.6. The van der Waals surface area contributed by atoms with Gasteiger partial charge < -0.3 is 27.5 Å². The van der Waals surface area contributed by atoms with Crippen LogP contribution in [0.4, 0.5) is 34.1 Å². The number of rotatable bonds is 7. The molecule has 2 aliphatic carbocycles. The summed E-state index contributed by atoms with van der Waals surface area (Å²) in [4.78, 5) is 4.87. The molecule has 0 fully saturated rings. The van der Waals surface area contributed by atoms with Crippen LogP contribution in [0.2, 0.25) is 0 Å². The van der Waals surface area contributed by atoms with Crippen molar-refractivity contribution in [3.63, 3.8) is 0 Å². The molecule has 0 radical (unpaired) electrons. The average molecular weight is 1170 g/mol. The summed E-state index contributed by atoms with van der Waals surface area (Å²) in [6, 6.07) is 89.9. The molecule has 6 nitrogen and oxygen atoms in total. The molecule has 0 saturated carbocycles. The minimum absolute atomic E-state index is 0.127. The molecule has 432 valence electrons. The summed E-state index contributed by atoms with van der Waals surface area (Å²) in [5, 5.41) is 13.7. The number of para-hydroxylation sites is 2. The summed E-state index contributed by atoms with van der Waals surface area (Å²) in [6.45, 7) is 14.0. The fourth-order valence-electron chi connectivity index (χ4n) is 16.6. The number of hydrogen-bond donors (Lipinski definition) is 0. The van der Waals surface area contributed by atoms with Crippen LogP contribution in [-0.2, 0) is 10.8 Å². The quantitative estimate of drug-likeness (QED) is 0.159. The van der Waals surface area contributed by atoms with Gasteiger partial charge in [-0.25, -0.2) is 0 Å². The fraction of sp³-hybridized carbons (Fsp3) is 0.106. The van der Waals surface area contributed by atoms with Crippen LogP contribution in [0.3, 0.4) is 0 Å². The number of nitrogens with zero attached hydrogens (tertiary/aromatic N) is 3. The van der Waals surface area contributed by atoms with Gasteiger partial charge in [-0.15, -0.1) is 0 Å². The lowest BCUT2D eigenvalue weighted by Crippen LogP contribution is -2.15. The Morgan fingerprint density at radius 2 is 0.813 bits per heavy atom. The summed E-state index contributed by atoms with van der Waals surface area (Å²) in [6.07, 6.45) is 0. The average Bonchev–Trinajstić information content (AvgIpc) is 1.56. The van der Waals surface area contributed by atoms with E-state index in [0.29, 0.717) is 5.92 Å². The van der Waals surface area contributed by atoms with E-state index in [-0.39, 0.29) is 10.8 Å². The number of aromatic nitrogens is 1. The van der Waals surface area contributed by atoms with Crippen molar-refractivity contribution in [1.82, 2.24) is 4.40 Å². The maximum atomic E-state index is 7.35. The molecule has 2 aliphatic rings. The van der Waals surface area contributed by atoms with Gasteiger partial charge in [0.25, 0.3) is 0 Å². The molecule has 0 amide bonds. The molecular weight excluding hydrogens is 1110 g/mol. The number of benzene rings is 13. The maximum Gasteiger partial charge on any atom is 0.143 e. The molecule has 13 aromatic carbocycles. The predicted octanol–water partition coefficient (Wildman–Crippen LogP) is 24.4. The predicted molar refractivity (Wildman–Crippen MR) is 379 cm³/mol. The van der Waals surface area contributed by atoms with Gasteiger partial charge in [0.05, 0.1) is 38.7 Å². The first kappa shape index (κ1) is 50.9. The van der Waals surface area contributed by atoms with E-state index in [1.807, 2.05) is 6.07 Å². The van der Waals surface area contributed by atoms with Gasteiger partial charge in [0.15, 0.2) is 0 Å². The topological polar surface area (TPSA) is 50.3 Å². The zero-order valence-corrected chi connectivity index (χ0v) is 51.2. The van der Waals surface area contributed by atoms with Crippen molar-refractivity contribution in [1.29, 1.82) is 0 Å². The van der Waals surface area contributed by atoms with Gasteiger partial charge in [0, 0.05) is 88.1 Å². The second-order valence-electron chi connectivity index (χ2n) is 26.9. The van der Waals surface area contributed by atoms with Crippen LogP contribution in [0.15, 0.2) is 256 Å². The first-order valence-electron chi connectivity index (χ1n) is 31.9. The molecule has 18 aromatic rings. The lowest BCUT2D eigenvalue weighted by atomic mass is 9.82. The van der Waals surface area contributed by atoms with Crippen molar-refractivity contribution in [2.75, 3.05) is 9.80 Å². The van der Waals surface area contributed by atoms with Gasteiger partial charge in [0.2, 0.25) is 0 Å². The van der Waals surface area contributed by atoms with Crippen molar-refractivity contribution >= 4 is 149 Å². The maximum absolute atomic E-state index is 7.35. The Hall–Kier alpha value is -11.1. The SMILES string of the molecule is CC(C)c1cc2c3ccc(N(c4ccc5c(c4)-c4ccccc4C5(C)C)c4cccc5oc6ccccc6c45)cc3n3c4cc5c(ccc6c7ccc(N(c8ccc9c(c8)-c8ccccc8C9(C)C)c8cccc9oc%10ccccc%10c89)cc7oc56)cc4c(c1)c23. The molecule has 5 heterocycles. The molecule has 6 heteroatoms. The first-order valence-corrected chi connectivity index (χ1v) is 31.9. The van der Waals surface area contributed by atoms with E-state index in [1.54, 1.807) is 0 Å². The van der Waals surface area contributed by atoms with Gasteiger partial charge in [-0.2, -0.15) is 0 Å². The smallest absolute Gasteiger partial charge is 0.143 e. The Bertz CT molecular complexity index is 6220. The Morgan fingerprint density at radius 1 is 0.330 bits per heavy atom. The van der Waals surface area contributed by atoms with Crippen molar-refractivity contribution in [3.8, 4) is 22.3 Å². The Morgan fingerprint density at radius 3 is 1.42 bits per heavy atom. The van der Waals surface area contributed by atoms with E-state index in [2.05, 4.69) is 292 Å². The minimum atomic E-state index is -0.130. The van der Waals surface area contributed by atoms with Crippen LogP contribution < -0.4 is 9.80 Å². The zero-order chi connectivity index (χ0) is 60.5. The lowest BCUT2D eigenvalue weighted by Gasteiger charge is -2.28. The van der Waals surface area contributed by atoms with Crippen molar-refractivity contribution in [3.05, 3.63) is 270 Å². The minimum Gasteiger partial charge on any atom is -0.456 e. The molecular formula is C85H59N3O3. The van der Waals surface area contributed by atoms with Crippen LogP contribution in [0.1, 0.15) is 75.3 Å². The van der Waals surface area contributed by atoms with Gasteiger partial charge in [0.1, 0.15) is 33.5 Å². The Labute approximate surface area is 524 Å². The molecule has 0 saturated heterocycles. The molecule has 0 aliphatic heterocycles. The lowest BCUT2D eigenvalue weighted by molar-refractivity contribution is 0.660. The summed E-state index contributed by atoms with van der Waals surface area (Å²) in [5.41, 5.74) is 26.5. The number of hydrogen-bond acceptors (Lipinski definition) is 5. The van der Waals surface area contributed by atoms with E-state index in [9.17, 15) is 0 Å². The van der Waals surface area contributed by atoms with Crippen molar-refractivity contribution in [2.24, 2.45) is 0 Å². The highest BCUT2D eigenvalue weighted by atomic mass is 16.3. The standard InChI is InChI=1S/C85H59N3O3/c1-47(2)49-40-65-56-35-30-52(86(71-23-15-27-77-80(71)59-19-9-13-25-75(59)89-77)50-32-37-69-62(42-50)54-17-7-11-21-67(54)84(69,3)4)44-73(56)88-74-46-61-48(39-64(74)66(41-49)82(65)88)29-34-58-57-36-31-53(45-79(57)91-83(58)61)87(72-24-16-28-78-81(72)60-20-10-14-26-76(60)90-78)51-33-38-70-63(43-51)55-18-8-12-22-68(55)85(70,5)6/h7-47H,1-6H3. The summed E-state index contributed by atoms with van der Waals surface area (Å²) < 4.78 is 23.1. The summed E-state index contributed by atoms with van der Waals surface area (Å²) in [7, 11) is 0. The van der Waals surface area contributed by atoms with E-state index in [4.69, 9.17) is 13.3 Å². The highest BCUT2D eigenvalue weighted by molar-refractivity contribution is 6.27. The second kappa shape index (κ2) is 17.8. The second-order valence-corrected chi connectivity index (χ2v) is 26.9. The third kappa shape index (κ3) is 6.81. The van der Waals surface area contributed by atoms with Crippen LogP contribution in [0.25, 0.3) is 137 Å². The Balaban J connectivity index is 0.807. The number of furan rings is 3. The molecule has 5 aromatic heterocycles. The summed E-state index contributed by atoms with van der Waals surface area (Å²) in [5.74, 6) is 0.327. The normalized spacial score (nSPS) is 14.1. The van der Waals surface area contributed by atoms with E-state index in [0.717, 1.165) is 122 Å². The molecule has 20 rings (SSSR count). The monoisotopic (exact) mass is 1170 g/mol. The zero-order valence-electron chi connectivity index (χ0n) is 51.2. The Kier molecular flexibility index (Phi) is 9.97. The van der Waals surface area contributed by atoms with Crippen LogP contribution in [0.5, 0.6) is 0 Å². The first-order chi connectivity index (χ1) is 44.4. The molecule has 0 N–H and O–H groups in total. The molecule has 91 heavy (non-hydrogen) atoms. The molecule has 0 unspecified atom stereocenters. The van der Waals surface area contributed by atoms with Gasteiger partial charge in [-0.05, 0) is 177 Å². The van der Waals surface area contributed by atoms with Gasteiger partial charge >= 0.3 is 0 Å². The number of anilines is 6. The van der Waals surface area contributed by atoms with E-state index >= 15 is 0 Å². The highest BCUT2D eigenvalue weighted by Crippen LogP contribution is 2.55. The number of fused-ring (bicyclic) bond motifs is 23. The largest absolute Gasteiger partial charge is 0.456 e. The van der Waals surface area contributed by atoms with Crippen LogP contribution >= 0.6 is 0 Å². The van der Waals surface area contributed by atoms with Gasteiger partial charge in [-0.1, -0.05) is 163 Å². The molecule has 0 atom stereocenters. The van der Waals surface area contributed by atoms with Crippen LogP contribution in [-0.4, -0.2) is 4.40 Å². The van der Waals surface area contributed by atoms with E-state index in [1.165, 1.54) is 77.1 Å². The third-order valence-electron chi connectivity index (χ3n) is 21.0. The van der Waals surface area contributed by atoms with Crippen molar-refractivity contribution in [2.45, 2.75) is 58.3 Å². The molecule has 0 bridgehead atoms. The van der Waals surface area contributed by atoms with Gasteiger partial charge in [-0.3, -0.25) is 0 Å². The summed E-state index contributed by atoms with van der Waals surface area (Å²) >= 11 is 0. The highest BCUT2D eigenvalue weighted by Gasteiger charge is 2.38. The van der Waals surface area contributed by atoms with Crippen LogP contribution in [0, 0.1) is 0 Å². The molecule has 0 spiro atoms. The van der Waals surface area contributed by atoms with E-state index < -0.39 is 0 Å². The van der Waals surface area contributed by atoms with Crippen molar-refractivity contribution < 1.29 is 13.3 Å². The third-order valence-corrected chi connectivity index (χ3v) is 21.0.